The van der Waals surface area contributed by atoms with Crippen LogP contribution in [0, 0.1) is 5.41 Å². The van der Waals surface area contributed by atoms with Crippen LogP contribution >= 0.6 is 0 Å². The second kappa shape index (κ2) is 6.10. The Labute approximate surface area is 97.0 Å². The summed E-state index contributed by atoms with van der Waals surface area (Å²) in [6.45, 7) is 1.68. The molecule has 0 aromatic carbocycles. The van der Waals surface area contributed by atoms with E-state index in [1.165, 1.54) is 0 Å². The Morgan fingerprint density at radius 3 is 1.85 bits per heavy atom. The van der Waals surface area contributed by atoms with Gasteiger partial charge in [-0.15, -0.1) is 0 Å². The van der Waals surface area contributed by atoms with Crippen LogP contribution < -0.4 is 0 Å². The van der Waals surface area contributed by atoms with Crippen LogP contribution in [-0.2, 0) is 4.74 Å². The van der Waals surface area contributed by atoms with Crippen molar-refractivity contribution in [1.82, 2.24) is 0 Å². The van der Waals surface area contributed by atoms with Gasteiger partial charge < -0.3 is 4.74 Å². The number of nitrogens with zero attached hydrogens (tertiary/aromatic N) is 6. The molecule has 0 aromatic rings. The minimum atomic E-state index is -0.238. The largest absolute Gasteiger partial charge is 0.380 e. The van der Waals surface area contributed by atoms with Crippen molar-refractivity contribution in [3.05, 3.63) is 20.9 Å². The SMILES string of the molecule is [N-]=[N+]=NCC1(CN=[N+]=[N-])COC1.[Na]. The quantitative estimate of drug-likeness (QED) is 0.283. The van der Waals surface area contributed by atoms with Crippen LogP contribution in [0.4, 0.5) is 0 Å². The molecule has 7 nitrogen and oxygen atoms in total. The summed E-state index contributed by atoms with van der Waals surface area (Å²) in [5, 5.41) is 6.87. The smallest absolute Gasteiger partial charge is 0.0547 e. The molecule has 1 aliphatic rings. The molecule has 1 aliphatic heterocycles. The topological polar surface area (TPSA) is 107 Å². The van der Waals surface area contributed by atoms with Gasteiger partial charge in [0, 0.05) is 57.9 Å². The van der Waals surface area contributed by atoms with E-state index in [1.54, 1.807) is 0 Å². The van der Waals surface area contributed by atoms with Crippen molar-refractivity contribution in [1.29, 1.82) is 0 Å². The third-order valence-corrected chi connectivity index (χ3v) is 1.76. The molecule has 13 heavy (non-hydrogen) atoms. The summed E-state index contributed by atoms with van der Waals surface area (Å²) >= 11 is 0. The van der Waals surface area contributed by atoms with Gasteiger partial charge in [0.05, 0.1) is 13.2 Å². The zero-order valence-corrected chi connectivity index (χ0v) is 9.42. The van der Waals surface area contributed by atoms with Crippen molar-refractivity contribution in [2.75, 3.05) is 26.3 Å². The molecule has 0 unspecified atom stereocenters. The van der Waals surface area contributed by atoms with Gasteiger partial charge in [-0.2, -0.15) is 0 Å². The molecule has 8 heteroatoms. The van der Waals surface area contributed by atoms with Gasteiger partial charge >= 0.3 is 0 Å². The molecule has 1 rings (SSSR count). The van der Waals surface area contributed by atoms with E-state index in [2.05, 4.69) is 20.1 Å². The van der Waals surface area contributed by atoms with E-state index in [0.29, 0.717) is 26.3 Å². The molecule has 0 aliphatic carbocycles. The van der Waals surface area contributed by atoms with Gasteiger partial charge in [0.2, 0.25) is 0 Å². The summed E-state index contributed by atoms with van der Waals surface area (Å²) in [5.41, 5.74) is 15.9. The van der Waals surface area contributed by atoms with E-state index in [9.17, 15) is 0 Å². The fourth-order valence-corrected chi connectivity index (χ4v) is 0.987. The first-order valence-electron chi connectivity index (χ1n) is 3.42. The van der Waals surface area contributed by atoms with Crippen molar-refractivity contribution in [2.24, 2.45) is 15.6 Å². The second-order valence-corrected chi connectivity index (χ2v) is 2.77. The van der Waals surface area contributed by atoms with E-state index in [1.807, 2.05) is 0 Å². The fraction of sp³-hybridized carbons (Fsp3) is 1.00. The molecule has 0 atom stereocenters. The Balaban J connectivity index is 0.00000144. The normalized spacial score (nSPS) is 16.9. The number of azide groups is 2. The van der Waals surface area contributed by atoms with Gasteiger partial charge in [-0.25, -0.2) is 0 Å². The monoisotopic (exact) mass is 191 g/mol. The molecule has 1 fully saturated rings. The van der Waals surface area contributed by atoms with Crippen LogP contribution in [0.25, 0.3) is 20.9 Å². The summed E-state index contributed by atoms with van der Waals surface area (Å²) in [5.74, 6) is 0. The number of ether oxygens (including phenoxy) is 1. The minimum absolute atomic E-state index is 0. The zero-order valence-electron chi connectivity index (χ0n) is 7.42. The molecule has 0 spiro atoms. The van der Waals surface area contributed by atoms with Crippen molar-refractivity contribution >= 4 is 29.6 Å². The van der Waals surface area contributed by atoms with Crippen LogP contribution in [0.15, 0.2) is 10.2 Å². The van der Waals surface area contributed by atoms with Crippen LogP contribution in [0.5, 0.6) is 0 Å². The number of hydrogen-bond donors (Lipinski definition) is 0. The predicted molar refractivity (Wildman–Crippen MR) is 47.0 cm³/mol. The van der Waals surface area contributed by atoms with Gasteiger partial charge in [0.15, 0.2) is 0 Å². The first-order chi connectivity index (χ1) is 5.83. The molecule has 0 bridgehead atoms. The number of rotatable bonds is 4. The van der Waals surface area contributed by atoms with Gasteiger partial charge in [0.1, 0.15) is 0 Å². The third-order valence-electron chi connectivity index (χ3n) is 1.76. The summed E-state index contributed by atoms with van der Waals surface area (Å²) in [4.78, 5) is 5.29. The Bertz CT molecular complexity index is 230. The first-order valence-corrected chi connectivity index (χ1v) is 3.42. The maximum Gasteiger partial charge on any atom is 0.0547 e. The van der Waals surface area contributed by atoms with Crippen LogP contribution in [0.2, 0.25) is 0 Å². The first kappa shape index (κ1) is 12.6. The molecule has 0 aromatic heterocycles. The molecule has 0 saturated carbocycles. The minimum Gasteiger partial charge on any atom is -0.380 e. The van der Waals surface area contributed by atoms with Crippen LogP contribution in [0.3, 0.4) is 0 Å². The average Bonchev–Trinajstić information content (AvgIpc) is 2.02. The Morgan fingerprint density at radius 1 is 1.15 bits per heavy atom. The van der Waals surface area contributed by atoms with Crippen molar-refractivity contribution in [3.8, 4) is 0 Å². The molecule has 1 heterocycles. The van der Waals surface area contributed by atoms with Crippen LogP contribution in [0.1, 0.15) is 0 Å². The molecular weight excluding hydrogens is 183 g/mol. The summed E-state index contributed by atoms with van der Waals surface area (Å²) in [6.07, 6.45) is 0. The Kier molecular flexibility index (Phi) is 5.90. The van der Waals surface area contributed by atoms with E-state index in [0.717, 1.165) is 0 Å². The second-order valence-electron chi connectivity index (χ2n) is 2.77. The fourth-order valence-electron chi connectivity index (χ4n) is 0.987. The third kappa shape index (κ3) is 3.44. The van der Waals surface area contributed by atoms with Crippen molar-refractivity contribution in [3.63, 3.8) is 0 Å². The summed E-state index contributed by atoms with van der Waals surface area (Å²) in [6, 6.07) is 0. The standard InChI is InChI=1S/C5H8N6O.Na/c6-10-8-1-5(2-9-11-7)3-12-4-5;/h1-4H2;. The molecule has 0 N–H and O–H groups in total. The average molecular weight is 191 g/mol. The van der Waals surface area contributed by atoms with E-state index in [-0.39, 0.29) is 35.0 Å². The van der Waals surface area contributed by atoms with Crippen molar-refractivity contribution < 1.29 is 4.74 Å². The van der Waals surface area contributed by atoms with Gasteiger partial charge in [-0.05, 0) is 11.1 Å². The van der Waals surface area contributed by atoms with Crippen LogP contribution in [-0.4, -0.2) is 55.9 Å². The zero-order chi connectivity index (χ0) is 8.86. The maximum atomic E-state index is 8.09. The van der Waals surface area contributed by atoms with E-state index >= 15 is 0 Å². The molecule has 1 radical (unpaired) electrons. The predicted octanol–water partition coefficient (Wildman–Crippen LogP) is 1.24. The summed E-state index contributed by atoms with van der Waals surface area (Å²) in [7, 11) is 0. The number of hydrogen-bond acceptors (Lipinski definition) is 3. The van der Waals surface area contributed by atoms with Gasteiger partial charge in [-0.3, -0.25) is 0 Å². The summed E-state index contributed by atoms with van der Waals surface area (Å²) < 4.78 is 4.97. The van der Waals surface area contributed by atoms with Crippen molar-refractivity contribution in [2.45, 2.75) is 0 Å². The Morgan fingerprint density at radius 2 is 1.62 bits per heavy atom. The Hall–Kier alpha value is -0.420. The molecule has 1 saturated heterocycles. The molecule has 0 amide bonds. The van der Waals surface area contributed by atoms with Gasteiger partial charge in [-0.1, -0.05) is 10.2 Å². The maximum absolute atomic E-state index is 8.09. The van der Waals surface area contributed by atoms with E-state index in [4.69, 9.17) is 15.8 Å². The van der Waals surface area contributed by atoms with E-state index < -0.39 is 0 Å². The molecular formula is C5H8N6NaO. The molecule has 65 valence electrons. The van der Waals surface area contributed by atoms with Gasteiger partial charge in [0.25, 0.3) is 0 Å².